The summed E-state index contributed by atoms with van der Waals surface area (Å²) in [5.41, 5.74) is 7.17. The van der Waals surface area contributed by atoms with E-state index in [0.717, 1.165) is 49.3 Å². The van der Waals surface area contributed by atoms with E-state index < -0.39 is 6.10 Å². The number of imidazole rings is 1. The van der Waals surface area contributed by atoms with Gasteiger partial charge in [-0.25, -0.2) is 4.98 Å². The molecule has 238 valence electrons. The van der Waals surface area contributed by atoms with Crippen molar-refractivity contribution in [2.45, 2.75) is 45.3 Å². The number of halogens is 1. The first-order chi connectivity index (χ1) is 22.4. The van der Waals surface area contributed by atoms with E-state index >= 15 is 0 Å². The topological polar surface area (TPSA) is 100 Å². The lowest BCUT2D eigenvalue weighted by Gasteiger charge is -2.49. The molecule has 0 aliphatic carbocycles. The van der Waals surface area contributed by atoms with Crippen LogP contribution in [-0.4, -0.2) is 57.7 Å². The molecule has 1 spiro atoms. The smallest absolute Gasteiger partial charge is 0.261 e. The highest BCUT2D eigenvalue weighted by Gasteiger charge is 2.39. The highest BCUT2D eigenvalue weighted by molar-refractivity contribution is 6.30. The van der Waals surface area contributed by atoms with Gasteiger partial charge in [0, 0.05) is 55.0 Å². The molecule has 3 aromatic carbocycles. The first kappa shape index (κ1) is 30.5. The van der Waals surface area contributed by atoms with Gasteiger partial charge in [-0.1, -0.05) is 54.1 Å². The SMILES string of the molecule is Cc1cc(N2CCCC3(CCCN(Cc4ccccc4)C3)C2)cc2[nH]c(-c3c(NC[C@@H](O)c4cccc(Cl)c4)cc[nH]c3=O)nc12. The van der Waals surface area contributed by atoms with Crippen molar-refractivity contribution in [3.63, 3.8) is 0 Å². The van der Waals surface area contributed by atoms with Crippen molar-refractivity contribution in [3.05, 3.63) is 111 Å². The molecule has 2 aliphatic rings. The molecular formula is C37H41ClN6O2. The summed E-state index contributed by atoms with van der Waals surface area (Å²) in [4.78, 5) is 29.5. The summed E-state index contributed by atoms with van der Waals surface area (Å²) in [6.45, 7) is 7.69. The number of pyridine rings is 1. The van der Waals surface area contributed by atoms with Crippen LogP contribution >= 0.6 is 11.6 Å². The Morgan fingerprint density at radius 1 is 1.02 bits per heavy atom. The number of hydrogen-bond acceptors (Lipinski definition) is 6. The fourth-order valence-electron chi connectivity index (χ4n) is 7.52. The fraction of sp³-hybridized carbons (Fsp3) is 0.351. The van der Waals surface area contributed by atoms with Gasteiger partial charge in [0.1, 0.15) is 11.4 Å². The number of nitrogens with one attached hydrogen (secondary N) is 3. The third-order valence-corrected chi connectivity index (χ3v) is 9.93. The van der Waals surface area contributed by atoms with E-state index in [2.05, 4.69) is 74.5 Å². The zero-order valence-electron chi connectivity index (χ0n) is 26.2. The van der Waals surface area contributed by atoms with Crippen LogP contribution in [0.3, 0.4) is 0 Å². The summed E-state index contributed by atoms with van der Waals surface area (Å²) in [6.07, 6.45) is 5.75. The van der Waals surface area contributed by atoms with Crippen LogP contribution in [0, 0.1) is 12.3 Å². The molecule has 1 unspecified atom stereocenters. The number of rotatable bonds is 8. The molecule has 2 atom stereocenters. The maximum atomic E-state index is 13.1. The van der Waals surface area contributed by atoms with Crippen molar-refractivity contribution < 1.29 is 5.11 Å². The summed E-state index contributed by atoms with van der Waals surface area (Å²) < 4.78 is 0. The number of aromatic nitrogens is 3. The number of likely N-dealkylation sites (tertiary alicyclic amines) is 1. The number of aryl methyl sites for hydroxylation is 1. The fourth-order valence-corrected chi connectivity index (χ4v) is 7.72. The Morgan fingerprint density at radius 3 is 2.67 bits per heavy atom. The quantitative estimate of drug-likeness (QED) is 0.148. The zero-order chi connectivity index (χ0) is 31.7. The van der Waals surface area contributed by atoms with Crippen LogP contribution in [0.25, 0.3) is 22.4 Å². The molecule has 2 aliphatic heterocycles. The van der Waals surface area contributed by atoms with Crippen LogP contribution in [-0.2, 0) is 6.54 Å². The molecule has 9 heteroatoms. The first-order valence-corrected chi connectivity index (χ1v) is 16.6. The van der Waals surface area contributed by atoms with Crippen LogP contribution in [0.2, 0.25) is 5.02 Å². The van der Waals surface area contributed by atoms with Crippen LogP contribution in [0.1, 0.15) is 48.5 Å². The summed E-state index contributed by atoms with van der Waals surface area (Å²) in [5, 5.41) is 14.6. The highest BCUT2D eigenvalue weighted by Crippen LogP contribution is 2.41. The first-order valence-electron chi connectivity index (χ1n) is 16.3. The minimum atomic E-state index is -0.797. The second-order valence-electron chi connectivity index (χ2n) is 13.1. The average Bonchev–Trinajstić information content (AvgIpc) is 3.48. The van der Waals surface area contributed by atoms with Crippen molar-refractivity contribution in [1.29, 1.82) is 0 Å². The molecule has 2 fully saturated rings. The molecule has 0 bridgehead atoms. The largest absolute Gasteiger partial charge is 0.387 e. The molecule has 0 saturated carbocycles. The number of benzene rings is 3. The predicted octanol–water partition coefficient (Wildman–Crippen LogP) is 6.91. The Kier molecular flexibility index (Phi) is 8.60. The number of nitrogens with zero attached hydrogens (tertiary/aromatic N) is 3. The average molecular weight is 637 g/mol. The lowest BCUT2D eigenvalue weighted by Crippen LogP contribution is -2.52. The molecule has 0 radical (unpaired) electrons. The summed E-state index contributed by atoms with van der Waals surface area (Å²) in [5.74, 6) is 0.496. The summed E-state index contributed by atoms with van der Waals surface area (Å²) in [6, 6.07) is 24.2. The maximum absolute atomic E-state index is 13.1. The van der Waals surface area contributed by atoms with Gasteiger partial charge in [-0.05, 0) is 86.2 Å². The van der Waals surface area contributed by atoms with E-state index in [4.69, 9.17) is 16.6 Å². The second-order valence-corrected chi connectivity index (χ2v) is 13.6. The van der Waals surface area contributed by atoms with E-state index in [0.29, 0.717) is 33.1 Å². The lowest BCUT2D eigenvalue weighted by molar-refractivity contribution is 0.0685. The van der Waals surface area contributed by atoms with E-state index in [1.165, 1.54) is 36.9 Å². The van der Waals surface area contributed by atoms with E-state index in [9.17, 15) is 9.90 Å². The standard InChI is InChI=1S/C37H41ClN6O2/c1-25-18-29(44-17-7-14-37(24-44)13-6-16-43(23-37)22-26-8-3-2-4-9-26)20-31-34(25)42-35(41-31)33-30(12-15-39-36(33)46)40-21-32(45)27-10-5-11-28(38)19-27/h2-5,8-12,15,18-20,32,45H,6-7,13-14,16-17,21-24H2,1H3,(H,41,42)(H2,39,40,46)/t32-,37?/m1/s1. The minimum Gasteiger partial charge on any atom is -0.387 e. The molecule has 4 heterocycles. The molecule has 2 aromatic heterocycles. The molecule has 7 rings (SSSR count). The monoisotopic (exact) mass is 636 g/mol. The molecule has 5 aromatic rings. The van der Waals surface area contributed by atoms with Crippen LogP contribution in [0.5, 0.6) is 0 Å². The Balaban J connectivity index is 1.12. The third kappa shape index (κ3) is 6.43. The van der Waals surface area contributed by atoms with Gasteiger partial charge in [0.2, 0.25) is 0 Å². The van der Waals surface area contributed by atoms with Gasteiger partial charge in [0.15, 0.2) is 0 Å². The Labute approximate surface area is 274 Å². The molecule has 8 nitrogen and oxygen atoms in total. The van der Waals surface area contributed by atoms with Crippen LogP contribution in [0.15, 0.2) is 83.8 Å². The van der Waals surface area contributed by atoms with Gasteiger partial charge in [-0.2, -0.15) is 0 Å². The summed E-state index contributed by atoms with van der Waals surface area (Å²) in [7, 11) is 0. The van der Waals surface area contributed by atoms with Gasteiger partial charge < -0.3 is 25.3 Å². The van der Waals surface area contributed by atoms with E-state index in [1.54, 1.807) is 24.4 Å². The Hall–Kier alpha value is -4.11. The molecule has 0 amide bonds. The third-order valence-electron chi connectivity index (χ3n) is 9.69. The number of aromatic amines is 2. The minimum absolute atomic E-state index is 0.208. The van der Waals surface area contributed by atoms with Crippen molar-refractivity contribution >= 4 is 34.0 Å². The normalized spacial score (nSPS) is 19.5. The number of hydrogen-bond donors (Lipinski definition) is 4. The second kappa shape index (κ2) is 12.9. The Morgan fingerprint density at radius 2 is 1.85 bits per heavy atom. The zero-order valence-corrected chi connectivity index (χ0v) is 27.0. The molecular weight excluding hydrogens is 596 g/mol. The van der Waals surface area contributed by atoms with Gasteiger partial charge in [0.25, 0.3) is 5.56 Å². The number of aliphatic hydroxyl groups is 1. The number of H-pyrrole nitrogens is 2. The molecule has 2 saturated heterocycles. The van der Waals surface area contributed by atoms with E-state index in [1.807, 2.05) is 12.1 Å². The predicted molar refractivity (Wildman–Crippen MR) is 187 cm³/mol. The van der Waals surface area contributed by atoms with E-state index in [-0.39, 0.29) is 12.1 Å². The molecule has 46 heavy (non-hydrogen) atoms. The van der Waals surface area contributed by atoms with Crippen molar-refractivity contribution in [3.8, 4) is 11.4 Å². The molecule has 4 N–H and O–H groups in total. The van der Waals surface area contributed by atoms with Gasteiger partial charge in [-0.15, -0.1) is 0 Å². The van der Waals surface area contributed by atoms with Crippen molar-refractivity contribution in [2.24, 2.45) is 5.41 Å². The van der Waals surface area contributed by atoms with Gasteiger partial charge in [0.05, 0.1) is 22.8 Å². The maximum Gasteiger partial charge on any atom is 0.261 e. The lowest BCUT2D eigenvalue weighted by atomic mass is 9.73. The van der Waals surface area contributed by atoms with Gasteiger partial charge >= 0.3 is 0 Å². The van der Waals surface area contributed by atoms with Crippen LogP contribution in [0.4, 0.5) is 11.4 Å². The Bertz CT molecular complexity index is 1880. The highest BCUT2D eigenvalue weighted by atomic mass is 35.5. The number of fused-ring (bicyclic) bond motifs is 1. The van der Waals surface area contributed by atoms with Crippen LogP contribution < -0.4 is 15.8 Å². The van der Waals surface area contributed by atoms with Gasteiger partial charge in [-0.3, -0.25) is 9.69 Å². The summed E-state index contributed by atoms with van der Waals surface area (Å²) >= 11 is 6.12. The number of aliphatic hydroxyl groups excluding tert-OH is 1. The number of piperidine rings is 2. The van der Waals surface area contributed by atoms with Crippen molar-refractivity contribution in [2.75, 3.05) is 42.9 Å². The number of anilines is 2. The van der Waals surface area contributed by atoms with Crippen molar-refractivity contribution in [1.82, 2.24) is 19.9 Å².